The Balaban J connectivity index is 2.36. The van der Waals surface area contributed by atoms with E-state index in [4.69, 9.17) is 11.6 Å². The zero-order chi connectivity index (χ0) is 16.5. The first-order chi connectivity index (χ1) is 10.5. The molecule has 0 atom stereocenters. The fourth-order valence-corrected chi connectivity index (χ4v) is 3.09. The molecular formula is C16H23ClN2O2S. The predicted molar refractivity (Wildman–Crippen MR) is 93.2 cm³/mol. The summed E-state index contributed by atoms with van der Waals surface area (Å²) in [5.74, 6) is 1.03. The van der Waals surface area contributed by atoms with Gasteiger partial charge in [0.15, 0.2) is 0 Å². The summed E-state index contributed by atoms with van der Waals surface area (Å²) in [7, 11) is 1.67. The smallest absolute Gasteiger partial charge is 0.242 e. The minimum atomic E-state index is -0.0347. The first kappa shape index (κ1) is 18.8. The van der Waals surface area contributed by atoms with Crippen LogP contribution in [0.3, 0.4) is 0 Å². The van der Waals surface area contributed by atoms with Gasteiger partial charge in [-0.3, -0.25) is 9.59 Å². The summed E-state index contributed by atoms with van der Waals surface area (Å²) >= 11 is 7.45. The molecule has 1 aromatic carbocycles. The van der Waals surface area contributed by atoms with Gasteiger partial charge in [-0.25, -0.2) is 0 Å². The van der Waals surface area contributed by atoms with Crippen LogP contribution in [0, 0.1) is 0 Å². The van der Waals surface area contributed by atoms with Gasteiger partial charge in [-0.2, -0.15) is 0 Å². The van der Waals surface area contributed by atoms with Crippen molar-refractivity contribution in [3.63, 3.8) is 0 Å². The van der Waals surface area contributed by atoms with Gasteiger partial charge in [-0.15, -0.1) is 11.8 Å². The van der Waals surface area contributed by atoms with Crippen molar-refractivity contribution in [2.45, 2.75) is 19.6 Å². The van der Waals surface area contributed by atoms with Gasteiger partial charge in [0, 0.05) is 30.9 Å². The van der Waals surface area contributed by atoms with Gasteiger partial charge >= 0.3 is 0 Å². The second kappa shape index (κ2) is 9.74. The maximum Gasteiger partial charge on any atom is 0.242 e. The zero-order valence-corrected chi connectivity index (χ0v) is 14.9. The molecule has 0 radical (unpaired) electrons. The maximum atomic E-state index is 12.0. The molecule has 0 saturated carbocycles. The number of carbonyl (C=O) groups excluding carboxylic acids is 2. The molecule has 0 aromatic heterocycles. The highest BCUT2D eigenvalue weighted by molar-refractivity contribution is 7.99. The van der Waals surface area contributed by atoms with E-state index >= 15 is 0 Å². The second-order valence-electron chi connectivity index (χ2n) is 4.94. The van der Waals surface area contributed by atoms with Crippen molar-refractivity contribution >= 4 is 35.2 Å². The number of likely N-dealkylation sites (N-methyl/N-ethyl adjacent to an activating group) is 2. The molecule has 1 rings (SSSR count). The minimum absolute atomic E-state index is 0.0132. The largest absolute Gasteiger partial charge is 0.342 e. The molecule has 0 aliphatic carbocycles. The molecule has 0 fully saturated rings. The van der Waals surface area contributed by atoms with Crippen molar-refractivity contribution in [2.24, 2.45) is 0 Å². The van der Waals surface area contributed by atoms with E-state index in [0.717, 1.165) is 11.3 Å². The Bertz CT molecular complexity index is 507. The minimum Gasteiger partial charge on any atom is -0.342 e. The van der Waals surface area contributed by atoms with Crippen LogP contribution in [0.15, 0.2) is 24.3 Å². The molecule has 0 spiro atoms. The number of halogens is 1. The van der Waals surface area contributed by atoms with Crippen LogP contribution in [0.2, 0.25) is 5.02 Å². The first-order valence-electron chi connectivity index (χ1n) is 7.31. The van der Waals surface area contributed by atoms with Crippen LogP contribution in [-0.2, 0) is 15.3 Å². The van der Waals surface area contributed by atoms with E-state index < -0.39 is 0 Å². The lowest BCUT2D eigenvalue weighted by Crippen LogP contribution is -2.41. The molecule has 6 heteroatoms. The van der Waals surface area contributed by atoms with E-state index in [1.54, 1.807) is 11.9 Å². The third-order valence-corrected chi connectivity index (χ3v) is 4.52. The number of carbonyl (C=O) groups is 2. The summed E-state index contributed by atoms with van der Waals surface area (Å²) in [6.45, 7) is 5.34. The van der Waals surface area contributed by atoms with Crippen LogP contribution in [0.5, 0.6) is 0 Å². The summed E-state index contributed by atoms with van der Waals surface area (Å²) < 4.78 is 0. The zero-order valence-electron chi connectivity index (χ0n) is 13.3. The fourth-order valence-electron chi connectivity index (χ4n) is 1.96. The van der Waals surface area contributed by atoms with Gasteiger partial charge < -0.3 is 9.80 Å². The monoisotopic (exact) mass is 342 g/mol. The lowest BCUT2D eigenvalue weighted by atomic mass is 10.2. The van der Waals surface area contributed by atoms with Crippen molar-refractivity contribution < 1.29 is 9.59 Å². The highest BCUT2D eigenvalue weighted by Gasteiger charge is 2.16. The Morgan fingerprint density at radius 1 is 1.18 bits per heavy atom. The Kier molecular flexibility index (Phi) is 8.35. The average Bonchev–Trinajstić information content (AvgIpc) is 2.48. The lowest BCUT2D eigenvalue weighted by molar-refractivity contribution is -0.137. The van der Waals surface area contributed by atoms with E-state index in [1.807, 2.05) is 38.1 Å². The molecule has 0 aliphatic heterocycles. The van der Waals surface area contributed by atoms with Gasteiger partial charge in [0.05, 0.1) is 12.3 Å². The van der Waals surface area contributed by atoms with Gasteiger partial charge in [-0.1, -0.05) is 23.7 Å². The van der Waals surface area contributed by atoms with E-state index in [1.165, 1.54) is 16.7 Å². The van der Waals surface area contributed by atoms with Crippen molar-refractivity contribution in [2.75, 3.05) is 32.4 Å². The highest BCUT2D eigenvalue weighted by Crippen LogP contribution is 2.16. The summed E-state index contributed by atoms with van der Waals surface area (Å²) in [5, 5.41) is 0.700. The van der Waals surface area contributed by atoms with Crippen LogP contribution >= 0.6 is 23.4 Å². The van der Waals surface area contributed by atoms with Crippen molar-refractivity contribution in [3.8, 4) is 0 Å². The van der Waals surface area contributed by atoms with Gasteiger partial charge in [-0.05, 0) is 31.5 Å². The Morgan fingerprint density at radius 3 is 2.45 bits per heavy atom. The molecule has 0 unspecified atom stereocenters. The van der Waals surface area contributed by atoms with Crippen LogP contribution in [0.25, 0.3) is 0 Å². The molecular weight excluding hydrogens is 320 g/mol. The van der Waals surface area contributed by atoms with Crippen molar-refractivity contribution in [3.05, 3.63) is 34.9 Å². The predicted octanol–water partition coefficient (Wildman–Crippen LogP) is 2.90. The molecule has 0 aliphatic rings. The Hall–Kier alpha value is -1.20. The van der Waals surface area contributed by atoms with Crippen LogP contribution in [-0.4, -0.2) is 54.0 Å². The normalized spacial score (nSPS) is 10.4. The molecule has 0 heterocycles. The average molecular weight is 343 g/mol. The third-order valence-electron chi connectivity index (χ3n) is 3.30. The molecule has 122 valence electrons. The number of thioether (sulfide) groups is 1. The van der Waals surface area contributed by atoms with Crippen LogP contribution in [0.1, 0.15) is 19.4 Å². The Morgan fingerprint density at radius 2 is 1.86 bits per heavy atom. The Labute approximate surface area is 141 Å². The standard InChI is InChI=1S/C16H23ClN2O2S/c1-4-19(5-2)15(20)10-18(3)16(21)12-22-11-13-7-6-8-14(17)9-13/h6-9H,4-5,10-12H2,1-3H3. The summed E-state index contributed by atoms with van der Waals surface area (Å²) in [6, 6.07) is 7.60. The highest BCUT2D eigenvalue weighted by atomic mass is 35.5. The molecule has 0 N–H and O–H groups in total. The van der Waals surface area contributed by atoms with Gasteiger partial charge in [0.25, 0.3) is 0 Å². The van der Waals surface area contributed by atoms with Crippen LogP contribution < -0.4 is 0 Å². The number of rotatable bonds is 8. The SMILES string of the molecule is CCN(CC)C(=O)CN(C)C(=O)CSCc1cccc(Cl)c1. The number of amides is 2. The van der Waals surface area contributed by atoms with E-state index in [0.29, 0.717) is 23.9 Å². The van der Waals surface area contributed by atoms with Gasteiger partial charge in [0.2, 0.25) is 11.8 Å². The van der Waals surface area contributed by atoms with E-state index in [2.05, 4.69) is 0 Å². The molecule has 2 amide bonds. The number of benzene rings is 1. The fraction of sp³-hybridized carbons (Fsp3) is 0.500. The lowest BCUT2D eigenvalue weighted by Gasteiger charge is -2.23. The van der Waals surface area contributed by atoms with Crippen LogP contribution in [0.4, 0.5) is 0 Å². The number of hydrogen-bond acceptors (Lipinski definition) is 3. The third kappa shape index (κ3) is 6.28. The molecule has 0 saturated heterocycles. The number of nitrogens with zero attached hydrogens (tertiary/aromatic N) is 2. The molecule has 4 nitrogen and oxygen atoms in total. The quantitative estimate of drug-likeness (QED) is 0.729. The summed E-state index contributed by atoms with van der Waals surface area (Å²) in [5.41, 5.74) is 1.09. The summed E-state index contributed by atoms with van der Waals surface area (Å²) in [6.07, 6.45) is 0. The van der Waals surface area contributed by atoms with Gasteiger partial charge in [0.1, 0.15) is 0 Å². The first-order valence-corrected chi connectivity index (χ1v) is 8.85. The topological polar surface area (TPSA) is 40.6 Å². The molecule has 0 bridgehead atoms. The van der Waals surface area contributed by atoms with E-state index in [9.17, 15) is 9.59 Å². The molecule has 1 aromatic rings. The summed E-state index contributed by atoms with van der Waals surface area (Å²) in [4.78, 5) is 27.2. The number of hydrogen-bond donors (Lipinski definition) is 0. The maximum absolute atomic E-state index is 12.0. The molecule has 22 heavy (non-hydrogen) atoms. The second-order valence-corrected chi connectivity index (χ2v) is 6.36. The van der Waals surface area contributed by atoms with Crippen molar-refractivity contribution in [1.29, 1.82) is 0 Å². The van der Waals surface area contributed by atoms with Crippen molar-refractivity contribution in [1.82, 2.24) is 9.80 Å². The van der Waals surface area contributed by atoms with E-state index in [-0.39, 0.29) is 18.4 Å².